The molecule has 178 valence electrons. The molecule has 5 rings (SSSR count). The number of aromatic nitrogens is 6. The van der Waals surface area contributed by atoms with Gasteiger partial charge in [0.15, 0.2) is 11.1 Å². The van der Waals surface area contributed by atoms with Gasteiger partial charge < -0.3 is 14.0 Å². The smallest absolute Gasteiger partial charge is 0.270 e. The zero-order valence-corrected chi connectivity index (χ0v) is 19.4. The Morgan fingerprint density at radius 3 is 2.71 bits per heavy atom. The van der Waals surface area contributed by atoms with E-state index in [1.54, 1.807) is 17.0 Å². The molecule has 1 atom stereocenters. The lowest BCUT2D eigenvalue weighted by Crippen LogP contribution is -2.30. The maximum atomic E-state index is 13.7. The first-order chi connectivity index (χ1) is 17.1. The molecule has 0 aliphatic carbocycles. The van der Waals surface area contributed by atoms with E-state index in [0.717, 1.165) is 23.8 Å². The Balaban J connectivity index is 1.55. The number of hydrogen-bond donors (Lipinski definition) is 1. The van der Waals surface area contributed by atoms with Crippen molar-refractivity contribution in [2.45, 2.75) is 45.6 Å². The first-order valence-corrected chi connectivity index (χ1v) is 11.5. The summed E-state index contributed by atoms with van der Waals surface area (Å²) in [5.74, 6) is 0.208. The largest absolute Gasteiger partial charge is 0.493 e. The minimum absolute atomic E-state index is 0.0967. The Morgan fingerprint density at radius 1 is 1.11 bits per heavy atom. The number of para-hydroxylation sites is 1. The van der Waals surface area contributed by atoms with Gasteiger partial charge in [-0.3, -0.25) is 14.3 Å². The van der Waals surface area contributed by atoms with E-state index in [0.29, 0.717) is 23.5 Å². The van der Waals surface area contributed by atoms with Crippen LogP contribution >= 0.6 is 0 Å². The highest BCUT2D eigenvalue weighted by molar-refractivity contribution is 5.79. The molecule has 5 aromatic rings. The van der Waals surface area contributed by atoms with E-state index >= 15 is 0 Å². The molecule has 1 unspecified atom stereocenters. The maximum Gasteiger partial charge on any atom is 0.270 e. The number of benzene rings is 1. The summed E-state index contributed by atoms with van der Waals surface area (Å²) in [4.78, 5) is 22.1. The summed E-state index contributed by atoms with van der Waals surface area (Å²) >= 11 is 0. The molecule has 0 aliphatic heterocycles. The van der Waals surface area contributed by atoms with Gasteiger partial charge in [-0.25, -0.2) is 0 Å². The zero-order valence-electron chi connectivity index (χ0n) is 19.4. The number of fused-ring (bicyclic) bond motifs is 1. The SMILES string of the molecule is CCCCc1nc(O)c(-c2nnc(Cc3noc4ccccc34)o2)c(=O)n1C(C)c1ccncc1. The average Bonchev–Trinajstić information content (AvgIpc) is 3.50. The number of nitrogens with zero attached hydrogens (tertiary/aromatic N) is 6. The van der Waals surface area contributed by atoms with Crippen LogP contribution in [0.5, 0.6) is 5.88 Å². The molecule has 0 saturated carbocycles. The summed E-state index contributed by atoms with van der Waals surface area (Å²) in [7, 11) is 0. The van der Waals surface area contributed by atoms with Crippen LogP contribution in [0.15, 0.2) is 62.5 Å². The van der Waals surface area contributed by atoms with Crippen molar-refractivity contribution in [1.29, 1.82) is 0 Å². The van der Waals surface area contributed by atoms with Crippen molar-refractivity contribution in [2.24, 2.45) is 0 Å². The van der Waals surface area contributed by atoms with Crippen molar-refractivity contribution in [3.05, 3.63) is 82.1 Å². The van der Waals surface area contributed by atoms with Gasteiger partial charge in [0.25, 0.3) is 11.4 Å². The van der Waals surface area contributed by atoms with Crippen LogP contribution < -0.4 is 5.56 Å². The summed E-state index contributed by atoms with van der Waals surface area (Å²) in [5.41, 5.74) is 1.60. The molecule has 35 heavy (non-hydrogen) atoms. The molecule has 0 fully saturated rings. The van der Waals surface area contributed by atoms with Crippen LogP contribution in [0.25, 0.3) is 22.4 Å². The molecular formula is C25H24N6O4. The summed E-state index contributed by atoms with van der Waals surface area (Å²) in [6.45, 7) is 3.96. The molecule has 10 nitrogen and oxygen atoms in total. The Labute approximate surface area is 200 Å². The van der Waals surface area contributed by atoms with Crippen LogP contribution in [0.2, 0.25) is 0 Å². The minimum atomic E-state index is -0.449. The highest BCUT2D eigenvalue weighted by atomic mass is 16.5. The molecule has 0 saturated heterocycles. The first-order valence-electron chi connectivity index (χ1n) is 11.5. The zero-order chi connectivity index (χ0) is 24.4. The van der Waals surface area contributed by atoms with Crippen molar-refractivity contribution in [3.63, 3.8) is 0 Å². The van der Waals surface area contributed by atoms with Crippen LogP contribution in [0.3, 0.4) is 0 Å². The number of pyridine rings is 1. The van der Waals surface area contributed by atoms with E-state index in [4.69, 9.17) is 8.94 Å². The quantitative estimate of drug-likeness (QED) is 0.354. The van der Waals surface area contributed by atoms with Crippen molar-refractivity contribution in [3.8, 4) is 17.3 Å². The van der Waals surface area contributed by atoms with Gasteiger partial charge in [-0.05, 0) is 43.2 Å². The Hall–Kier alpha value is -4.34. The topological polar surface area (TPSA) is 133 Å². The third kappa shape index (κ3) is 4.30. The van der Waals surface area contributed by atoms with Gasteiger partial charge in [-0.2, -0.15) is 4.98 Å². The van der Waals surface area contributed by atoms with Gasteiger partial charge in [0.05, 0.1) is 12.5 Å². The lowest BCUT2D eigenvalue weighted by Gasteiger charge is -2.20. The number of rotatable bonds is 8. The summed E-state index contributed by atoms with van der Waals surface area (Å²) in [6.07, 6.45) is 5.86. The van der Waals surface area contributed by atoms with Gasteiger partial charge >= 0.3 is 0 Å². The summed E-state index contributed by atoms with van der Waals surface area (Å²) < 4.78 is 12.7. The van der Waals surface area contributed by atoms with Gasteiger partial charge in [0.1, 0.15) is 11.5 Å². The third-order valence-corrected chi connectivity index (χ3v) is 5.95. The molecule has 0 bridgehead atoms. The monoisotopic (exact) mass is 472 g/mol. The van der Waals surface area contributed by atoms with E-state index in [2.05, 4.69) is 32.2 Å². The van der Waals surface area contributed by atoms with Crippen LogP contribution in [0, 0.1) is 0 Å². The normalized spacial score (nSPS) is 12.3. The van der Waals surface area contributed by atoms with E-state index in [9.17, 15) is 9.90 Å². The lowest BCUT2D eigenvalue weighted by atomic mass is 10.1. The molecular weight excluding hydrogens is 448 g/mol. The van der Waals surface area contributed by atoms with Gasteiger partial charge in [-0.1, -0.05) is 30.6 Å². The number of aryl methyl sites for hydroxylation is 1. The fourth-order valence-electron chi connectivity index (χ4n) is 4.09. The molecule has 0 amide bonds. The highest BCUT2D eigenvalue weighted by Gasteiger charge is 2.25. The van der Waals surface area contributed by atoms with E-state index in [1.165, 1.54) is 0 Å². The molecule has 0 spiro atoms. The van der Waals surface area contributed by atoms with Crippen LogP contribution in [0.1, 0.15) is 55.7 Å². The second-order valence-corrected chi connectivity index (χ2v) is 8.27. The molecule has 10 heteroatoms. The average molecular weight is 473 g/mol. The summed E-state index contributed by atoms with van der Waals surface area (Å²) in [5, 5.41) is 23.7. The van der Waals surface area contributed by atoms with Crippen molar-refractivity contribution < 1.29 is 14.0 Å². The van der Waals surface area contributed by atoms with Crippen LogP contribution in [-0.4, -0.2) is 35.0 Å². The van der Waals surface area contributed by atoms with Crippen molar-refractivity contribution >= 4 is 11.0 Å². The predicted octanol–water partition coefficient (Wildman–Crippen LogP) is 4.08. The predicted molar refractivity (Wildman–Crippen MR) is 127 cm³/mol. The number of unbranched alkanes of at least 4 members (excludes halogenated alkanes) is 1. The highest BCUT2D eigenvalue weighted by Crippen LogP contribution is 2.27. The second kappa shape index (κ2) is 9.49. The fourth-order valence-corrected chi connectivity index (χ4v) is 4.09. The molecule has 4 heterocycles. The van der Waals surface area contributed by atoms with Crippen LogP contribution in [0.4, 0.5) is 0 Å². The van der Waals surface area contributed by atoms with Gasteiger partial charge in [0, 0.05) is 24.2 Å². The van der Waals surface area contributed by atoms with Crippen molar-refractivity contribution in [1.82, 2.24) is 29.9 Å². The molecule has 0 radical (unpaired) electrons. The second-order valence-electron chi connectivity index (χ2n) is 8.27. The number of aromatic hydroxyl groups is 1. The molecule has 1 N–H and O–H groups in total. The maximum absolute atomic E-state index is 13.7. The number of hydrogen-bond acceptors (Lipinski definition) is 9. The van der Waals surface area contributed by atoms with Gasteiger partial charge in [0.2, 0.25) is 11.8 Å². The lowest BCUT2D eigenvalue weighted by molar-refractivity contribution is 0.429. The molecule has 0 aliphatic rings. The minimum Gasteiger partial charge on any atom is -0.493 e. The third-order valence-electron chi connectivity index (χ3n) is 5.95. The molecule has 1 aromatic carbocycles. The first kappa shape index (κ1) is 22.5. The Morgan fingerprint density at radius 2 is 1.91 bits per heavy atom. The standard InChI is InChI=1S/C25H24N6O4/c1-3-4-9-20-27-23(32)22(25(33)31(20)15(2)16-10-12-26-13-11-16)24-29-28-21(34-24)14-18-17-7-5-6-8-19(17)35-30-18/h5-8,10-13,15,32H,3-4,9,14H2,1-2H3. The van der Waals surface area contributed by atoms with Crippen LogP contribution in [-0.2, 0) is 12.8 Å². The Kier molecular flexibility index (Phi) is 6.09. The van der Waals surface area contributed by atoms with E-state index in [1.807, 2.05) is 43.3 Å². The van der Waals surface area contributed by atoms with E-state index in [-0.39, 0.29) is 29.8 Å². The fraction of sp³-hybridized carbons (Fsp3) is 0.280. The van der Waals surface area contributed by atoms with E-state index < -0.39 is 11.4 Å². The molecule has 4 aromatic heterocycles. The van der Waals surface area contributed by atoms with Crippen molar-refractivity contribution in [2.75, 3.05) is 0 Å². The van der Waals surface area contributed by atoms with Gasteiger partial charge in [-0.15, -0.1) is 10.2 Å². The Bertz CT molecular complexity index is 1520. The summed E-state index contributed by atoms with van der Waals surface area (Å²) in [6, 6.07) is 10.8.